The van der Waals surface area contributed by atoms with Crippen LogP contribution < -0.4 is 5.32 Å². The van der Waals surface area contributed by atoms with E-state index in [4.69, 9.17) is 0 Å². The average molecular weight is 272 g/mol. The van der Waals surface area contributed by atoms with Crippen LogP contribution in [0.25, 0.3) is 0 Å². The second kappa shape index (κ2) is 5.21. The number of carbonyl (C=O) groups is 1. The first kappa shape index (κ1) is 13.6. The molecule has 1 saturated carbocycles. The maximum atomic E-state index is 12.4. The van der Waals surface area contributed by atoms with Gasteiger partial charge in [-0.3, -0.25) is 9.69 Å². The van der Waals surface area contributed by atoms with Crippen molar-refractivity contribution in [3.05, 3.63) is 35.9 Å². The van der Waals surface area contributed by atoms with Crippen molar-refractivity contribution >= 4 is 5.91 Å². The van der Waals surface area contributed by atoms with Crippen molar-refractivity contribution in [3.63, 3.8) is 0 Å². The molecule has 1 aliphatic heterocycles. The van der Waals surface area contributed by atoms with E-state index in [2.05, 4.69) is 48.3 Å². The lowest BCUT2D eigenvalue weighted by Crippen LogP contribution is -2.70. The van der Waals surface area contributed by atoms with Crippen LogP contribution in [0.5, 0.6) is 0 Å². The van der Waals surface area contributed by atoms with Crippen LogP contribution in [0.4, 0.5) is 0 Å². The van der Waals surface area contributed by atoms with E-state index in [1.165, 1.54) is 24.8 Å². The van der Waals surface area contributed by atoms with E-state index in [-0.39, 0.29) is 5.91 Å². The standard InChI is InChI=1S/C17H24N2O/c1-17(2)16(20)18-14-10-6-7-11-15(14)19(17)12-13-8-4-3-5-9-13/h3-5,8-9,14-15H,6-7,10-12H2,1-2H3,(H,18,20)/t14-,15-/m1/s1. The predicted octanol–water partition coefficient (Wildman–Crippen LogP) is 2.71. The molecule has 3 heteroatoms. The molecule has 0 unspecified atom stereocenters. The molecule has 1 amide bonds. The van der Waals surface area contributed by atoms with Crippen molar-refractivity contribution in [1.82, 2.24) is 10.2 Å². The number of hydrogen-bond acceptors (Lipinski definition) is 2. The Hall–Kier alpha value is -1.35. The van der Waals surface area contributed by atoms with E-state index < -0.39 is 5.54 Å². The van der Waals surface area contributed by atoms with Crippen LogP contribution in [-0.2, 0) is 11.3 Å². The SMILES string of the molecule is CC1(C)C(=O)N[C@@H]2CCCC[C@H]2N1Cc1ccccc1. The molecule has 0 radical (unpaired) electrons. The Bertz CT molecular complexity index is 483. The summed E-state index contributed by atoms with van der Waals surface area (Å²) in [5.41, 5.74) is 0.869. The van der Waals surface area contributed by atoms with Crippen LogP contribution in [0.1, 0.15) is 45.1 Å². The third kappa shape index (κ3) is 2.35. The highest BCUT2D eigenvalue weighted by Gasteiger charge is 2.47. The first-order valence-electron chi connectivity index (χ1n) is 7.70. The zero-order valence-corrected chi connectivity index (χ0v) is 12.4. The monoisotopic (exact) mass is 272 g/mol. The Labute approximate surface area is 121 Å². The van der Waals surface area contributed by atoms with Crippen LogP contribution in [-0.4, -0.2) is 28.4 Å². The molecular formula is C17H24N2O. The van der Waals surface area contributed by atoms with Crippen molar-refractivity contribution in [2.45, 2.75) is 63.7 Å². The van der Waals surface area contributed by atoms with Gasteiger partial charge in [0.15, 0.2) is 0 Å². The molecule has 1 saturated heterocycles. The van der Waals surface area contributed by atoms with E-state index >= 15 is 0 Å². The Kier molecular flexibility index (Phi) is 3.55. The number of piperazine rings is 1. The Morgan fingerprint density at radius 1 is 1.20 bits per heavy atom. The fraction of sp³-hybridized carbons (Fsp3) is 0.588. The second-order valence-corrected chi connectivity index (χ2v) is 6.60. The number of amides is 1. The molecule has 2 aliphatic rings. The third-order valence-corrected chi connectivity index (χ3v) is 4.92. The van der Waals surface area contributed by atoms with Crippen LogP contribution in [0, 0.1) is 0 Å². The Balaban J connectivity index is 1.88. The van der Waals surface area contributed by atoms with Gasteiger partial charge in [-0.15, -0.1) is 0 Å². The molecule has 20 heavy (non-hydrogen) atoms. The molecule has 1 aromatic carbocycles. The lowest BCUT2D eigenvalue weighted by atomic mass is 9.82. The number of rotatable bonds is 2. The maximum absolute atomic E-state index is 12.4. The minimum Gasteiger partial charge on any atom is -0.350 e. The minimum absolute atomic E-state index is 0.177. The average Bonchev–Trinajstić information content (AvgIpc) is 2.45. The normalized spacial score (nSPS) is 29.6. The van der Waals surface area contributed by atoms with Crippen molar-refractivity contribution in [1.29, 1.82) is 0 Å². The van der Waals surface area contributed by atoms with Crippen molar-refractivity contribution in [2.75, 3.05) is 0 Å². The van der Waals surface area contributed by atoms with Crippen LogP contribution in [0.2, 0.25) is 0 Å². The van der Waals surface area contributed by atoms with Gasteiger partial charge in [0.05, 0.1) is 5.54 Å². The van der Waals surface area contributed by atoms with Gasteiger partial charge in [0.1, 0.15) is 0 Å². The number of hydrogen-bond donors (Lipinski definition) is 1. The van der Waals surface area contributed by atoms with Crippen LogP contribution >= 0.6 is 0 Å². The van der Waals surface area contributed by atoms with E-state index in [0.29, 0.717) is 12.1 Å². The molecule has 0 spiro atoms. The highest BCUT2D eigenvalue weighted by molar-refractivity contribution is 5.86. The lowest BCUT2D eigenvalue weighted by Gasteiger charge is -2.52. The van der Waals surface area contributed by atoms with Crippen molar-refractivity contribution in [2.24, 2.45) is 0 Å². The largest absolute Gasteiger partial charge is 0.350 e. The first-order chi connectivity index (χ1) is 9.59. The van der Waals surface area contributed by atoms with Gasteiger partial charge < -0.3 is 5.32 Å². The van der Waals surface area contributed by atoms with Gasteiger partial charge in [-0.05, 0) is 32.3 Å². The number of fused-ring (bicyclic) bond motifs is 1. The lowest BCUT2D eigenvalue weighted by molar-refractivity contribution is -0.143. The molecule has 2 atom stereocenters. The van der Waals surface area contributed by atoms with Crippen molar-refractivity contribution < 1.29 is 4.79 Å². The van der Waals surface area contributed by atoms with E-state index in [0.717, 1.165) is 13.0 Å². The fourth-order valence-corrected chi connectivity index (χ4v) is 3.64. The zero-order chi connectivity index (χ0) is 14.2. The predicted molar refractivity (Wildman–Crippen MR) is 80.3 cm³/mol. The third-order valence-electron chi connectivity index (χ3n) is 4.92. The number of nitrogens with zero attached hydrogens (tertiary/aromatic N) is 1. The summed E-state index contributed by atoms with van der Waals surface area (Å²) in [5, 5.41) is 3.24. The Morgan fingerprint density at radius 3 is 2.65 bits per heavy atom. The number of benzene rings is 1. The minimum atomic E-state index is -0.422. The van der Waals surface area contributed by atoms with Gasteiger partial charge in [0.25, 0.3) is 0 Å². The maximum Gasteiger partial charge on any atom is 0.240 e. The summed E-state index contributed by atoms with van der Waals surface area (Å²) in [6.07, 6.45) is 4.83. The summed E-state index contributed by atoms with van der Waals surface area (Å²) in [6, 6.07) is 11.3. The van der Waals surface area contributed by atoms with E-state index in [1.54, 1.807) is 0 Å². The second-order valence-electron chi connectivity index (χ2n) is 6.60. The molecule has 1 heterocycles. The smallest absolute Gasteiger partial charge is 0.240 e. The Morgan fingerprint density at radius 2 is 1.90 bits per heavy atom. The molecule has 0 bridgehead atoms. The summed E-state index contributed by atoms with van der Waals surface area (Å²) < 4.78 is 0. The fourth-order valence-electron chi connectivity index (χ4n) is 3.64. The summed E-state index contributed by atoms with van der Waals surface area (Å²) in [6.45, 7) is 4.97. The number of nitrogens with one attached hydrogen (secondary N) is 1. The molecule has 1 aromatic rings. The number of carbonyl (C=O) groups excluding carboxylic acids is 1. The molecular weight excluding hydrogens is 248 g/mol. The topological polar surface area (TPSA) is 32.3 Å². The zero-order valence-electron chi connectivity index (χ0n) is 12.4. The van der Waals surface area contributed by atoms with Gasteiger partial charge in [-0.1, -0.05) is 43.2 Å². The summed E-state index contributed by atoms with van der Waals surface area (Å²) in [5.74, 6) is 0.177. The quantitative estimate of drug-likeness (QED) is 0.898. The molecule has 1 N–H and O–H groups in total. The van der Waals surface area contributed by atoms with Gasteiger partial charge >= 0.3 is 0 Å². The molecule has 108 valence electrons. The van der Waals surface area contributed by atoms with E-state index in [1.807, 2.05) is 6.07 Å². The van der Waals surface area contributed by atoms with Gasteiger partial charge in [-0.25, -0.2) is 0 Å². The molecule has 2 fully saturated rings. The molecule has 0 aromatic heterocycles. The first-order valence-corrected chi connectivity index (χ1v) is 7.70. The highest BCUT2D eigenvalue weighted by Crippen LogP contribution is 2.34. The van der Waals surface area contributed by atoms with Gasteiger partial charge in [-0.2, -0.15) is 0 Å². The van der Waals surface area contributed by atoms with E-state index in [9.17, 15) is 4.79 Å². The van der Waals surface area contributed by atoms with Crippen LogP contribution in [0.15, 0.2) is 30.3 Å². The van der Waals surface area contributed by atoms with Gasteiger partial charge in [0, 0.05) is 18.6 Å². The summed E-state index contributed by atoms with van der Waals surface area (Å²) in [7, 11) is 0. The van der Waals surface area contributed by atoms with Gasteiger partial charge in [0.2, 0.25) is 5.91 Å². The molecule has 3 rings (SSSR count). The summed E-state index contributed by atoms with van der Waals surface area (Å²) in [4.78, 5) is 14.8. The molecule has 3 nitrogen and oxygen atoms in total. The molecule has 1 aliphatic carbocycles. The summed E-state index contributed by atoms with van der Waals surface area (Å²) >= 11 is 0. The highest BCUT2D eigenvalue weighted by atomic mass is 16.2. The van der Waals surface area contributed by atoms with Crippen LogP contribution in [0.3, 0.4) is 0 Å². The van der Waals surface area contributed by atoms with Crippen molar-refractivity contribution in [3.8, 4) is 0 Å².